The standard InChI is InChI=1S/C20H18N4O3/c1-13-19-16(17-4-3-11-27-17)9-10-21-20(19)24(23-13)12-18(25)22-14-5-7-15(26-2)8-6-14/h3-11H,12H2,1-2H3,(H,22,25). The van der Waals surface area contributed by atoms with Crippen LogP contribution in [0.4, 0.5) is 5.69 Å². The van der Waals surface area contributed by atoms with Gasteiger partial charge < -0.3 is 14.5 Å². The minimum atomic E-state index is -0.185. The molecule has 4 rings (SSSR count). The van der Waals surface area contributed by atoms with Crippen LogP contribution in [-0.2, 0) is 11.3 Å². The molecular formula is C20H18N4O3. The number of ether oxygens (including phenoxy) is 1. The number of carbonyl (C=O) groups is 1. The Balaban J connectivity index is 1.60. The van der Waals surface area contributed by atoms with E-state index in [4.69, 9.17) is 9.15 Å². The molecule has 1 amide bonds. The van der Waals surface area contributed by atoms with Crippen molar-refractivity contribution in [1.82, 2.24) is 14.8 Å². The number of pyridine rings is 1. The fraction of sp³-hybridized carbons (Fsp3) is 0.150. The van der Waals surface area contributed by atoms with Crippen molar-refractivity contribution in [3.8, 4) is 17.1 Å². The molecule has 0 unspecified atom stereocenters. The normalized spacial score (nSPS) is 10.9. The predicted molar refractivity (Wildman–Crippen MR) is 102 cm³/mol. The summed E-state index contributed by atoms with van der Waals surface area (Å²) < 4.78 is 12.2. The molecule has 3 aromatic heterocycles. The van der Waals surface area contributed by atoms with E-state index in [1.807, 2.05) is 25.1 Å². The number of methoxy groups -OCH3 is 1. The average molecular weight is 362 g/mol. The van der Waals surface area contributed by atoms with Crippen molar-refractivity contribution in [3.63, 3.8) is 0 Å². The fourth-order valence-electron chi connectivity index (χ4n) is 3.04. The van der Waals surface area contributed by atoms with E-state index in [2.05, 4.69) is 15.4 Å². The lowest BCUT2D eigenvalue weighted by Crippen LogP contribution is -2.19. The highest BCUT2D eigenvalue weighted by Crippen LogP contribution is 2.30. The van der Waals surface area contributed by atoms with Gasteiger partial charge >= 0.3 is 0 Å². The van der Waals surface area contributed by atoms with Crippen LogP contribution in [0.3, 0.4) is 0 Å². The molecule has 0 aliphatic heterocycles. The third-order valence-corrected chi connectivity index (χ3v) is 4.26. The molecule has 0 aliphatic rings. The highest BCUT2D eigenvalue weighted by atomic mass is 16.5. The number of fused-ring (bicyclic) bond motifs is 1. The number of rotatable bonds is 5. The van der Waals surface area contributed by atoms with Gasteiger partial charge in [0.15, 0.2) is 5.65 Å². The molecule has 4 aromatic rings. The second-order valence-corrected chi connectivity index (χ2v) is 6.05. The van der Waals surface area contributed by atoms with Crippen molar-refractivity contribution < 1.29 is 13.9 Å². The summed E-state index contributed by atoms with van der Waals surface area (Å²) in [5.74, 6) is 1.29. The highest BCUT2D eigenvalue weighted by molar-refractivity contribution is 5.95. The van der Waals surface area contributed by atoms with Crippen LogP contribution in [0, 0.1) is 6.92 Å². The van der Waals surface area contributed by atoms with E-state index in [1.165, 1.54) is 0 Å². The molecule has 0 saturated carbocycles. The first-order valence-corrected chi connectivity index (χ1v) is 8.45. The summed E-state index contributed by atoms with van der Waals surface area (Å²) in [7, 11) is 1.60. The Labute approximate surface area is 155 Å². The number of amides is 1. The van der Waals surface area contributed by atoms with Crippen LogP contribution < -0.4 is 10.1 Å². The maximum absolute atomic E-state index is 12.5. The zero-order chi connectivity index (χ0) is 18.8. The summed E-state index contributed by atoms with van der Waals surface area (Å²) >= 11 is 0. The van der Waals surface area contributed by atoms with Gasteiger partial charge in [-0.3, -0.25) is 4.79 Å². The monoisotopic (exact) mass is 362 g/mol. The van der Waals surface area contributed by atoms with Crippen LogP contribution in [0.25, 0.3) is 22.4 Å². The molecule has 3 heterocycles. The lowest BCUT2D eigenvalue weighted by atomic mass is 10.1. The molecule has 0 bridgehead atoms. The van der Waals surface area contributed by atoms with E-state index in [0.717, 1.165) is 28.2 Å². The van der Waals surface area contributed by atoms with E-state index < -0.39 is 0 Å². The molecule has 0 atom stereocenters. The van der Waals surface area contributed by atoms with Crippen molar-refractivity contribution in [3.05, 3.63) is 60.6 Å². The van der Waals surface area contributed by atoms with Gasteiger partial charge in [-0.15, -0.1) is 0 Å². The zero-order valence-electron chi connectivity index (χ0n) is 15.0. The molecule has 27 heavy (non-hydrogen) atoms. The number of nitrogens with one attached hydrogen (secondary N) is 1. The third kappa shape index (κ3) is 3.27. The Hall–Kier alpha value is -3.61. The van der Waals surface area contributed by atoms with E-state index in [1.54, 1.807) is 48.5 Å². The fourth-order valence-corrected chi connectivity index (χ4v) is 3.04. The second-order valence-electron chi connectivity index (χ2n) is 6.05. The Bertz CT molecular complexity index is 1080. The Morgan fingerprint density at radius 3 is 2.74 bits per heavy atom. The topological polar surface area (TPSA) is 82.2 Å². The molecular weight excluding hydrogens is 344 g/mol. The molecule has 7 heteroatoms. The Morgan fingerprint density at radius 1 is 1.22 bits per heavy atom. The van der Waals surface area contributed by atoms with Gasteiger partial charge in [0.2, 0.25) is 5.91 Å². The summed E-state index contributed by atoms with van der Waals surface area (Å²) in [6.45, 7) is 1.96. The van der Waals surface area contributed by atoms with Gasteiger partial charge in [-0.1, -0.05) is 0 Å². The first kappa shape index (κ1) is 16.8. The number of aromatic nitrogens is 3. The quantitative estimate of drug-likeness (QED) is 0.586. The molecule has 0 fully saturated rings. The molecule has 136 valence electrons. The average Bonchev–Trinajstić information content (AvgIpc) is 3.31. The largest absolute Gasteiger partial charge is 0.497 e. The lowest BCUT2D eigenvalue weighted by Gasteiger charge is -2.07. The maximum atomic E-state index is 12.5. The molecule has 7 nitrogen and oxygen atoms in total. The van der Waals surface area contributed by atoms with Crippen molar-refractivity contribution in [2.24, 2.45) is 0 Å². The smallest absolute Gasteiger partial charge is 0.246 e. The second kappa shape index (κ2) is 6.95. The van der Waals surface area contributed by atoms with E-state index >= 15 is 0 Å². The van der Waals surface area contributed by atoms with E-state index in [0.29, 0.717) is 11.3 Å². The summed E-state index contributed by atoms with van der Waals surface area (Å²) in [4.78, 5) is 16.9. The minimum Gasteiger partial charge on any atom is -0.497 e. The van der Waals surface area contributed by atoms with Gasteiger partial charge in [-0.25, -0.2) is 9.67 Å². The number of furan rings is 1. The Morgan fingerprint density at radius 2 is 2.04 bits per heavy atom. The number of aryl methyl sites for hydroxylation is 1. The molecule has 1 aromatic carbocycles. The molecule has 0 spiro atoms. The van der Waals surface area contributed by atoms with Crippen LogP contribution >= 0.6 is 0 Å². The number of hydrogen-bond donors (Lipinski definition) is 1. The van der Waals surface area contributed by atoms with Gasteiger partial charge in [0, 0.05) is 17.4 Å². The van der Waals surface area contributed by atoms with E-state index in [-0.39, 0.29) is 12.5 Å². The molecule has 0 radical (unpaired) electrons. The SMILES string of the molecule is COc1ccc(NC(=O)Cn2nc(C)c3c(-c4ccco4)ccnc32)cc1. The number of hydrogen-bond acceptors (Lipinski definition) is 5. The van der Waals surface area contributed by atoms with Gasteiger partial charge in [-0.2, -0.15) is 5.10 Å². The predicted octanol–water partition coefficient (Wildman–Crippen LogP) is 3.65. The molecule has 0 saturated heterocycles. The van der Waals surface area contributed by atoms with Crippen LogP contribution in [0.2, 0.25) is 0 Å². The Kier molecular flexibility index (Phi) is 4.33. The third-order valence-electron chi connectivity index (χ3n) is 4.26. The first-order valence-electron chi connectivity index (χ1n) is 8.45. The highest BCUT2D eigenvalue weighted by Gasteiger charge is 2.17. The molecule has 1 N–H and O–H groups in total. The van der Waals surface area contributed by atoms with Crippen LogP contribution in [0.1, 0.15) is 5.69 Å². The van der Waals surface area contributed by atoms with Crippen molar-refractivity contribution in [2.75, 3.05) is 12.4 Å². The first-order chi connectivity index (χ1) is 13.2. The zero-order valence-corrected chi connectivity index (χ0v) is 15.0. The van der Waals surface area contributed by atoms with Crippen molar-refractivity contribution in [1.29, 1.82) is 0 Å². The number of nitrogens with zero attached hydrogens (tertiary/aromatic N) is 3. The maximum Gasteiger partial charge on any atom is 0.246 e. The summed E-state index contributed by atoms with van der Waals surface area (Å²) in [6.07, 6.45) is 3.32. The minimum absolute atomic E-state index is 0.0605. The number of carbonyl (C=O) groups excluding carboxylic acids is 1. The summed E-state index contributed by atoms with van der Waals surface area (Å²) in [5, 5.41) is 8.24. The van der Waals surface area contributed by atoms with Gasteiger partial charge in [0.25, 0.3) is 0 Å². The van der Waals surface area contributed by atoms with Crippen molar-refractivity contribution >= 4 is 22.6 Å². The molecule has 0 aliphatic carbocycles. The van der Waals surface area contributed by atoms with Crippen LogP contribution in [0.15, 0.2) is 59.3 Å². The van der Waals surface area contributed by atoms with Gasteiger partial charge in [-0.05, 0) is 49.4 Å². The summed E-state index contributed by atoms with van der Waals surface area (Å²) in [6, 6.07) is 12.8. The lowest BCUT2D eigenvalue weighted by molar-refractivity contribution is -0.116. The van der Waals surface area contributed by atoms with Crippen molar-refractivity contribution in [2.45, 2.75) is 13.5 Å². The van der Waals surface area contributed by atoms with Gasteiger partial charge in [0.05, 0.1) is 24.5 Å². The van der Waals surface area contributed by atoms with E-state index in [9.17, 15) is 4.79 Å². The summed E-state index contributed by atoms with van der Waals surface area (Å²) in [5.41, 5.74) is 3.04. The van der Waals surface area contributed by atoms with Crippen LogP contribution in [0.5, 0.6) is 5.75 Å². The van der Waals surface area contributed by atoms with Crippen LogP contribution in [-0.4, -0.2) is 27.8 Å². The number of anilines is 1. The number of benzene rings is 1. The van der Waals surface area contributed by atoms with Gasteiger partial charge in [0.1, 0.15) is 18.1 Å².